The highest BCUT2D eigenvalue weighted by molar-refractivity contribution is 6.28. The van der Waals surface area contributed by atoms with Crippen LogP contribution in [0.25, 0.3) is 60.2 Å². The van der Waals surface area contributed by atoms with Gasteiger partial charge in [0.05, 0.1) is 11.0 Å². The molecule has 0 unspecified atom stereocenters. The van der Waals surface area contributed by atoms with E-state index in [0.29, 0.717) is 0 Å². The first kappa shape index (κ1) is 19.9. The minimum absolute atomic E-state index is 0.0543. The maximum absolute atomic E-state index is 2.48. The van der Waals surface area contributed by atoms with Crippen LogP contribution < -0.4 is 0 Å². The van der Waals surface area contributed by atoms with Crippen LogP contribution in [-0.2, 0) is 5.41 Å². The number of benzene rings is 6. The van der Waals surface area contributed by atoms with Crippen molar-refractivity contribution in [2.75, 3.05) is 0 Å². The van der Waals surface area contributed by atoms with Gasteiger partial charge in [-0.25, -0.2) is 0 Å². The van der Waals surface area contributed by atoms with Crippen molar-refractivity contribution in [1.82, 2.24) is 4.57 Å². The van der Waals surface area contributed by atoms with E-state index in [-0.39, 0.29) is 5.41 Å². The summed E-state index contributed by atoms with van der Waals surface area (Å²) in [5.41, 5.74) is 9.24. The first-order valence-electron chi connectivity index (χ1n) is 12.7. The highest BCUT2D eigenvalue weighted by Crippen LogP contribution is 2.53. The molecule has 0 bridgehead atoms. The molecule has 6 aromatic carbocycles. The molecule has 36 heavy (non-hydrogen) atoms. The Morgan fingerprint density at radius 2 is 1.28 bits per heavy atom. The molecule has 0 aliphatic heterocycles. The molecule has 1 aromatic heterocycles. The quantitative estimate of drug-likeness (QED) is 0.230. The van der Waals surface area contributed by atoms with E-state index in [9.17, 15) is 0 Å². The predicted octanol–water partition coefficient (Wildman–Crippen LogP) is 9.40. The molecule has 1 aliphatic rings. The smallest absolute Gasteiger partial charge is 0.0619 e. The maximum Gasteiger partial charge on any atom is 0.0619 e. The third-order valence-corrected chi connectivity index (χ3v) is 8.34. The molecule has 0 saturated heterocycles. The molecule has 170 valence electrons. The fourth-order valence-electron chi connectivity index (χ4n) is 6.74. The van der Waals surface area contributed by atoms with Gasteiger partial charge in [0.15, 0.2) is 0 Å². The molecule has 1 heteroatoms. The summed E-state index contributed by atoms with van der Waals surface area (Å²) in [6.07, 6.45) is 0. The van der Waals surface area contributed by atoms with Crippen molar-refractivity contribution in [1.29, 1.82) is 0 Å². The predicted molar refractivity (Wildman–Crippen MR) is 153 cm³/mol. The summed E-state index contributed by atoms with van der Waals surface area (Å²) in [6, 6.07) is 42.5. The third kappa shape index (κ3) is 2.40. The van der Waals surface area contributed by atoms with E-state index >= 15 is 0 Å². The first-order chi connectivity index (χ1) is 17.6. The van der Waals surface area contributed by atoms with Crippen LogP contribution in [0.1, 0.15) is 25.0 Å². The molecular formula is C35H25N. The van der Waals surface area contributed by atoms with Crippen LogP contribution in [0.15, 0.2) is 115 Å². The molecule has 0 radical (unpaired) electrons. The SMILES string of the molecule is CC1(C)c2ccccc2-c2c3c1cccc3cc1c2c2ccc3ccccc3c2n1-c1ccccc1. The van der Waals surface area contributed by atoms with Gasteiger partial charge in [0.2, 0.25) is 0 Å². The topological polar surface area (TPSA) is 4.93 Å². The minimum atomic E-state index is -0.0543. The lowest BCUT2D eigenvalue weighted by atomic mass is 9.68. The Kier molecular flexibility index (Phi) is 3.79. The van der Waals surface area contributed by atoms with Gasteiger partial charge < -0.3 is 4.57 Å². The zero-order chi connectivity index (χ0) is 24.0. The molecule has 0 fully saturated rings. The largest absolute Gasteiger partial charge is 0.309 e. The summed E-state index contributed by atoms with van der Waals surface area (Å²) in [4.78, 5) is 0. The fraction of sp³-hybridized carbons (Fsp3) is 0.0857. The van der Waals surface area contributed by atoms with E-state index in [1.165, 1.54) is 71.3 Å². The Bertz CT molecular complexity index is 2000. The molecule has 1 nitrogen and oxygen atoms in total. The molecular weight excluding hydrogens is 434 g/mol. The number of rotatable bonds is 1. The molecule has 7 aromatic rings. The Labute approximate surface area is 210 Å². The monoisotopic (exact) mass is 459 g/mol. The van der Waals surface area contributed by atoms with Gasteiger partial charge in [-0.2, -0.15) is 0 Å². The van der Waals surface area contributed by atoms with E-state index in [1.54, 1.807) is 0 Å². The molecule has 0 spiro atoms. The number of hydrogen-bond acceptors (Lipinski definition) is 0. The lowest BCUT2D eigenvalue weighted by Gasteiger charge is -2.35. The molecule has 1 aliphatic carbocycles. The number of para-hydroxylation sites is 1. The van der Waals surface area contributed by atoms with Crippen LogP contribution in [0.5, 0.6) is 0 Å². The summed E-state index contributed by atoms with van der Waals surface area (Å²) in [5.74, 6) is 0. The second-order valence-corrected chi connectivity index (χ2v) is 10.6. The Morgan fingerprint density at radius 3 is 2.17 bits per heavy atom. The van der Waals surface area contributed by atoms with Gasteiger partial charge in [-0.3, -0.25) is 0 Å². The molecule has 1 heterocycles. The highest BCUT2D eigenvalue weighted by Gasteiger charge is 2.35. The Hall–Kier alpha value is -4.36. The minimum Gasteiger partial charge on any atom is -0.309 e. The first-order valence-corrected chi connectivity index (χ1v) is 12.7. The normalized spacial score (nSPS) is 14.1. The van der Waals surface area contributed by atoms with Gasteiger partial charge >= 0.3 is 0 Å². The average molecular weight is 460 g/mol. The fourth-order valence-corrected chi connectivity index (χ4v) is 6.74. The zero-order valence-electron chi connectivity index (χ0n) is 20.4. The van der Waals surface area contributed by atoms with Crippen molar-refractivity contribution in [2.45, 2.75) is 19.3 Å². The van der Waals surface area contributed by atoms with Crippen LogP contribution in [0.4, 0.5) is 0 Å². The van der Waals surface area contributed by atoms with Gasteiger partial charge in [0.25, 0.3) is 0 Å². The van der Waals surface area contributed by atoms with Crippen LogP contribution in [0.2, 0.25) is 0 Å². The molecule has 0 N–H and O–H groups in total. The number of nitrogens with zero attached hydrogens (tertiary/aromatic N) is 1. The molecule has 0 amide bonds. The Balaban J connectivity index is 1.72. The van der Waals surface area contributed by atoms with Crippen LogP contribution >= 0.6 is 0 Å². The maximum atomic E-state index is 2.48. The summed E-state index contributed by atoms with van der Waals surface area (Å²) >= 11 is 0. The van der Waals surface area contributed by atoms with Crippen LogP contribution in [0.3, 0.4) is 0 Å². The third-order valence-electron chi connectivity index (χ3n) is 8.34. The van der Waals surface area contributed by atoms with Gasteiger partial charge in [-0.15, -0.1) is 0 Å². The molecule has 8 rings (SSSR count). The second-order valence-electron chi connectivity index (χ2n) is 10.6. The lowest BCUT2D eigenvalue weighted by Crippen LogP contribution is -2.23. The van der Waals surface area contributed by atoms with E-state index < -0.39 is 0 Å². The average Bonchev–Trinajstić information content (AvgIpc) is 3.26. The summed E-state index contributed by atoms with van der Waals surface area (Å²) in [6.45, 7) is 4.74. The van der Waals surface area contributed by atoms with Gasteiger partial charge in [-0.05, 0) is 51.0 Å². The van der Waals surface area contributed by atoms with Gasteiger partial charge in [0, 0.05) is 32.8 Å². The van der Waals surface area contributed by atoms with Crippen molar-refractivity contribution in [2.24, 2.45) is 0 Å². The summed E-state index contributed by atoms with van der Waals surface area (Å²) < 4.78 is 2.48. The van der Waals surface area contributed by atoms with E-state index in [1.807, 2.05) is 0 Å². The van der Waals surface area contributed by atoms with Crippen molar-refractivity contribution < 1.29 is 0 Å². The standard InChI is InChI=1S/C35H25N/c1-35(2)28-17-9-8-16-26(28)33-31-23(12-10-18-29(31)35)21-30-32(33)27-20-19-22-11-6-7-15-25(22)34(27)36(30)24-13-4-3-5-14-24/h3-21H,1-2H3. The number of fused-ring (bicyclic) bond motifs is 8. The summed E-state index contributed by atoms with van der Waals surface area (Å²) in [7, 11) is 0. The molecule has 0 saturated carbocycles. The molecule has 0 atom stereocenters. The Morgan fingerprint density at radius 1 is 0.556 bits per heavy atom. The van der Waals surface area contributed by atoms with Crippen LogP contribution in [-0.4, -0.2) is 4.57 Å². The number of hydrogen-bond donors (Lipinski definition) is 0. The van der Waals surface area contributed by atoms with Crippen molar-refractivity contribution >= 4 is 43.4 Å². The lowest BCUT2D eigenvalue weighted by molar-refractivity contribution is 0.645. The van der Waals surface area contributed by atoms with Gasteiger partial charge in [-0.1, -0.05) is 111 Å². The van der Waals surface area contributed by atoms with E-state index in [2.05, 4.69) is 134 Å². The zero-order valence-corrected chi connectivity index (χ0v) is 20.4. The van der Waals surface area contributed by atoms with Crippen molar-refractivity contribution in [3.8, 4) is 16.8 Å². The van der Waals surface area contributed by atoms with Crippen molar-refractivity contribution in [3.63, 3.8) is 0 Å². The van der Waals surface area contributed by atoms with E-state index in [0.717, 1.165) is 0 Å². The second kappa shape index (κ2) is 6.86. The van der Waals surface area contributed by atoms with Gasteiger partial charge in [0.1, 0.15) is 0 Å². The van der Waals surface area contributed by atoms with Crippen molar-refractivity contribution in [3.05, 3.63) is 126 Å². The van der Waals surface area contributed by atoms with Crippen LogP contribution in [0, 0.1) is 0 Å². The highest BCUT2D eigenvalue weighted by atomic mass is 15.0. The summed E-state index contributed by atoms with van der Waals surface area (Å²) in [5, 5.41) is 7.92. The van der Waals surface area contributed by atoms with E-state index in [4.69, 9.17) is 0 Å². The number of aromatic nitrogens is 1.